The Hall–Kier alpha value is -0.570. The zero-order valence-electron chi connectivity index (χ0n) is 3.79. The minimum atomic E-state index is -3.13. The summed E-state index contributed by atoms with van der Waals surface area (Å²) in [5.41, 5.74) is 0. The molecule has 8 heavy (non-hydrogen) atoms. The zero-order valence-corrected chi connectivity index (χ0v) is 4.61. The van der Waals surface area contributed by atoms with Gasteiger partial charge in [0.1, 0.15) is 0 Å². The molecule has 0 saturated heterocycles. The van der Waals surface area contributed by atoms with Crippen LogP contribution >= 0.6 is 0 Å². The predicted molar refractivity (Wildman–Crippen MR) is 36.0 cm³/mol. The molecule has 0 bridgehead atoms. The lowest BCUT2D eigenvalue weighted by molar-refractivity contribution is 0.613. The summed E-state index contributed by atoms with van der Waals surface area (Å²) in [6.45, 7) is 6.09. The molecule has 0 atom stereocenters. The molecule has 0 aromatic carbocycles. The third kappa shape index (κ3) is 3.61. The Balaban J connectivity index is 0. The van der Waals surface area contributed by atoms with Gasteiger partial charge in [-0.2, -0.15) is 0 Å². The van der Waals surface area contributed by atoms with Gasteiger partial charge in [0.15, 0.2) is 9.84 Å². The number of hydrogen-bond acceptors (Lipinski definition) is 2. The predicted octanol–water partition coefficient (Wildman–Crippen LogP) is 1.32. The summed E-state index contributed by atoms with van der Waals surface area (Å²) in [5, 5.41) is 1.69. The molecule has 0 N–H and O–H groups in total. The van der Waals surface area contributed by atoms with Crippen LogP contribution in [-0.2, 0) is 9.84 Å². The molecule has 0 rings (SSSR count). The molecule has 0 aromatic heterocycles. The second-order valence-electron chi connectivity index (χ2n) is 0.922. The van der Waals surface area contributed by atoms with E-state index < -0.39 is 9.84 Å². The van der Waals surface area contributed by atoms with E-state index in [9.17, 15) is 8.42 Å². The van der Waals surface area contributed by atoms with Crippen LogP contribution < -0.4 is 0 Å². The van der Waals surface area contributed by atoms with Crippen molar-refractivity contribution in [2.75, 3.05) is 0 Å². The van der Waals surface area contributed by atoms with Crippen molar-refractivity contribution in [1.29, 1.82) is 0 Å². The van der Waals surface area contributed by atoms with Gasteiger partial charge in [-0.1, -0.05) is 20.6 Å². The van der Waals surface area contributed by atoms with E-state index in [0.717, 1.165) is 10.8 Å². The molecule has 0 amide bonds. The smallest absolute Gasteiger partial charge is 0.191 e. The number of rotatable bonds is 2. The van der Waals surface area contributed by atoms with Crippen LogP contribution in [0, 0.1) is 0 Å². The zero-order chi connectivity index (χ0) is 5.91. The molecule has 0 saturated carbocycles. The van der Waals surface area contributed by atoms with Gasteiger partial charge in [-0.3, -0.25) is 0 Å². The van der Waals surface area contributed by atoms with Crippen LogP contribution in [0.3, 0.4) is 0 Å². The summed E-state index contributed by atoms with van der Waals surface area (Å²) >= 11 is 0. The lowest BCUT2D eigenvalue weighted by Crippen LogP contribution is -1.83. The van der Waals surface area contributed by atoms with Crippen molar-refractivity contribution in [3.8, 4) is 0 Å². The van der Waals surface area contributed by atoms with E-state index in [-0.39, 0.29) is 7.43 Å². The highest BCUT2D eigenvalue weighted by molar-refractivity contribution is 7.97. The second-order valence-corrected chi connectivity index (χ2v) is 2.77. The largest absolute Gasteiger partial charge is 0.220 e. The summed E-state index contributed by atoms with van der Waals surface area (Å²) in [6, 6.07) is 0. The van der Waals surface area contributed by atoms with Crippen LogP contribution in [0.2, 0.25) is 0 Å². The first kappa shape index (κ1) is 10.4. The van der Waals surface area contributed by atoms with Crippen LogP contribution in [0.1, 0.15) is 7.43 Å². The molecule has 2 nitrogen and oxygen atoms in total. The Kier molecular flexibility index (Phi) is 4.47. The second kappa shape index (κ2) is 3.43. The van der Waals surface area contributed by atoms with Crippen molar-refractivity contribution in [1.82, 2.24) is 0 Å². The Morgan fingerprint density at radius 1 is 1.12 bits per heavy atom. The Bertz CT molecular complexity index is 151. The minimum absolute atomic E-state index is 0. The minimum Gasteiger partial charge on any atom is -0.220 e. The summed E-state index contributed by atoms with van der Waals surface area (Å²) in [5.74, 6) is 0. The van der Waals surface area contributed by atoms with Gasteiger partial charge in [0.25, 0.3) is 0 Å². The van der Waals surface area contributed by atoms with Crippen molar-refractivity contribution in [2.45, 2.75) is 7.43 Å². The van der Waals surface area contributed by atoms with Crippen LogP contribution in [0.4, 0.5) is 0 Å². The van der Waals surface area contributed by atoms with E-state index in [2.05, 4.69) is 13.2 Å². The molecule has 3 heteroatoms. The summed E-state index contributed by atoms with van der Waals surface area (Å²) in [4.78, 5) is 0. The summed E-state index contributed by atoms with van der Waals surface area (Å²) in [6.07, 6.45) is 0. The highest BCUT2D eigenvalue weighted by Gasteiger charge is 1.90. The van der Waals surface area contributed by atoms with Crippen LogP contribution in [0.25, 0.3) is 0 Å². The number of hydrogen-bond donors (Lipinski definition) is 0. The highest BCUT2D eigenvalue weighted by Crippen LogP contribution is 1.87. The first-order chi connectivity index (χ1) is 3.12. The van der Waals surface area contributed by atoms with Gasteiger partial charge in [0.2, 0.25) is 0 Å². The highest BCUT2D eigenvalue weighted by atomic mass is 32.2. The van der Waals surface area contributed by atoms with E-state index >= 15 is 0 Å². The lowest BCUT2D eigenvalue weighted by Gasteiger charge is -1.78. The molecule has 0 heterocycles. The van der Waals surface area contributed by atoms with Crippen molar-refractivity contribution >= 4 is 9.84 Å². The molecule has 0 fully saturated rings. The maximum Gasteiger partial charge on any atom is 0.191 e. The standard InChI is InChI=1S/C4H6O2S.CH4/c1-3-7(5,6)4-2;/h3-4H,1-2H2;1H4. The fraction of sp³-hybridized carbons (Fsp3) is 0.200. The van der Waals surface area contributed by atoms with Gasteiger partial charge >= 0.3 is 0 Å². The molecule has 48 valence electrons. The SMILES string of the molecule is C.C=CS(=O)(=O)C=C. The molecule has 0 aliphatic carbocycles. The van der Waals surface area contributed by atoms with Gasteiger partial charge < -0.3 is 0 Å². The molecule has 0 aliphatic rings. The van der Waals surface area contributed by atoms with Gasteiger partial charge in [-0.05, 0) is 0 Å². The molecule has 0 spiro atoms. The van der Waals surface area contributed by atoms with E-state index in [1.807, 2.05) is 0 Å². The Labute approximate surface area is 50.5 Å². The van der Waals surface area contributed by atoms with E-state index in [4.69, 9.17) is 0 Å². The van der Waals surface area contributed by atoms with Crippen molar-refractivity contribution in [3.63, 3.8) is 0 Å². The fourth-order valence-electron chi connectivity index (χ4n) is 0.0680. The molecular weight excluding hydrogens is 124 g/mol. The Morgan fingerprint density at radius 3 is 1.38 bits per heavy atom. The van der Waals surface area contributed by atoms with Crippen LogP contribution in [0.5, 0.6) is 0 Å². The normalized spacial score (nSPS) is 9.00. The maximum absolute atomic E-state index is 10.1. The van der Waals surface area contributed by atoms with Crippen molar-refractivity contribution in [2.24, 2.45) is 0 Å². The molecule has 0 radical (unpaired) electrons. The first-order valence-corrected chi connectivity index (χ1v) is 3.23. The number of sulfone groups is 1. The summed E-state index contributed by atoms with van der Waals surface area (Å²) < 4.78 is 20.3. The van der Waals surface area contributed by atoms with Gasteiger partial charge in [0, 0.05) is 10.8 Å². The fourth-order valence-corrected chi connectivity index (χ4v) is 0.204. The summed E-state index contributed by atoms with van der Waals surface area (Å²) in [7, 11) is -3.13. The monoisotopic (exact) mass is 134 g/mol. The average molecular weight is 134 g/mol. The average Bonchev–Trinajstić information content (AvgIpc) is 1.68. The van der Waals surface area contributed by atoms with Crippen molar-refractivity contribution in [3.05, 3.63) is 24.0 Å². The quantitative estimate of drug-likeness (QED) is 0.571. The van der Waals surface area contributed by atoms with Crippen LogP contribution in [0.15, 0.2) is 24.0 Å². The Morgan fingerprint density at radius 2 is 1.38 bits per heavy atom. The van der Waals surface area contributed by atoms with Gasteiger partial charge in [-0.25, -0.2) is 8.42 Å². The lowest BCUT2D eigenvalue weighted by atomic mass is 11.3. The molecule has 0 unspecified atom stereocenters. The van der Waals surface area contributed by atoms with Crippen molar-refractivity contribution < 1.29 is 8.42 Å². The van der Waals surface area contributed by atoms with E-state index in [0.29, 0.717) is 0 Å². The first-order valence-electron chi connectivity index (χ1n) is 1.62. The molecule has 0 aromatic rings. The van der Waals surface area contributed by atoms with Gasteiger partial charge in [-0.15, -0.1) is 0 Å². The molecule has 0 aliphatic heterocycles. The third-order valence-electron chi connectivity index (χ3n) is 0.465. The van der Waals surface area contributed by atoms with E-state index in [1.54, 1.807) is 0 Å². The topological polar surface area (TPSA) is 34.1 Å². The maximum atomic E-state index is 10.1. The van der Waals surface area contributed by atoms with Gasteiger partial charge in [0.05, 0.1) is 0 Å². The van der Waals surface area contributed by atoms with E-state index in [1.165, 1.54) is 0 Å². The third-order valence-corrected chi connectivity index (χ3v) is 1.39. The van der Waals surface area contributed by atoms with Crippen LogP contribution in [-0.4, -0.2) is 8.42 Å². The molecular formula is C5H10O2S.